The standard InChI is InChI=1S/C22H26N8O/c1-21(2)15-4-3-14(11-16(15)26-19(21)31)25-20-27-18-17(24-8-10-30(18)28-20)29-9-6-22(13-29)5-7-23-12-22/h3-4,8,10-11,23H,5-7,9,12-13H2,1-2H3,(H,25,28)(H,26,31)/t22-/m1/s1. The molecule has 0 aliphatic carbocycles. The minimum atomic E-state index is -0.516. The van der Waals surface area contributed by atoms with Gasteiger partial charge < -0.3 is 20.9 Å². The number of rotatable bonds is 3. The molecular formula is C22H26N8O. The van der Waals surface area contributed by atoms with E-state index in [1.54, 1.807) is 10.7 Å². The number of aromatic nitrogens is 4. The van der Waals surface area contributed by atoms with Crippen LogP contribution in [0.2, 0.25) is 0 Å². The molecule has 1 atom stereocenters. The molecule has 1 spiro atoms. The molecule has 0 radical (unpaired) electrons. The van der Waals surface area contributed by atoms with Crippen molar-refractivity contribution in [2.75, 3.05) is 41.7 Å². The van der Waals surface area contributed by atoms with Crippen LogP contribution in [0.3, 0.4) is 0 Å². The van der Waals surface area contributed by atoms with Gasteiger partial charge in [-0.15, -0.1) is 5.10 Å². The average molecular weight is 419 g/mol. The first-order valence-corrected chi connectivity index (χ1v) is 10.8. The van der Waals surface area contributed by atoms with Crippen LogP contribution in [-0.2, 0) is 10.2 Å². The molecule has 9 heteroatoms. The third kappa shape index (κ3) is 2.87. The van der Waals surface area contributed by atoms with Crippen LogP contribution in [0.4, 0.5) is 23.1 Å². The van der Waals surface area contributed by atoms with Gasteiger partial charge in [0.2, 0.25) is 11.9 Å². The Bertz CT molecular complexity index is 1190. The van der Waals surface area contributed by atoms with Crippen molar-refractivity contribution < 1.29 is 4.79 Å². The third-order valence-electron chi connectivity index (χ3n) is 7.07. The van der Waals surface area contributed by atoms with E-state index in [1.807, 2.05) is 38.2 Å². The predicted molar refractivity (Wildman–Crippen MR) is 119 cm³/mol. The number of amides is 1. The molecule has 5 heterocycles. The highest BCUT2D eigenvalue weighted by molar-refractivity contribution is 6.06. The number of nitrogens with zero attached hydrogens (tertiary/aromatic N) is 5. The summed E-state index contributed by atoms with van der Waals surface area (Å²) in [6, 6.07) is 5.88. The molecule has 3 aliphatic rings. The van der Waals surface area contributed by atoms with Crippen LogP contribution in [0.15, 0.2) is 30.6 Å². The molecule has 3 aliphatic heterocycles. The number of benzene rings is 1. The minimum absolute atomic E-state index is 0.0158. The summed E-state index contributed by atoms with van der Waals surface area (Å²) in [4.78, 5) is 23.9. The molecular weight excluding hydrogens is 392 g/mol. The van der Waals surface area contributed by atoms with Crippen molar-refractivity contribution in [3.8, 4) is 0 Å². The van der Waals surface area contributed by atoms with Crippen LogP contribution in [-0.4, -0.2) is 51.7 Å². The van der Waals surface area contributed by atoms with E-state index >= 15 is 0 Å². The summed E-state index contributed by atoms with van der Waals surface area (Å²) in [5.74, 6) is 1.41. The van der Waals surface area contributed by atoms with Crippen LogP contribution in [0.1, 0.15) is 32.3 Å². The van der Waals surface area contributed by atoms with Crippen LogP contribution >= 0.6 is 0 Å². The molecule has 0 saturated carbocycles. The molecule has 2 aromatic heterocycles. The summed E-state index contributed by atoms with van der Waals surface area (Å²) in [5, 5.41) is 14.3. The molecule has 3 aromatic rings. The van der Waals surface area contributed by atoms with Gasteiger partial charge in [0.25, 0.3) is 0 Å². The number of hydrogen-bond acceptors (Lipinski definition) is 7. The molecule has 31 heavy (non-hydrogen) atoms. The van der Waals surface area contributed by atoms with Gasteiger partial charge in [0.1, 0.15) is 0 Å². The Morgan fingerprint density at radius 2 is 2.13 bits per heavy atom. The quantitative estimate of drug-likeness (QED) is 0.600. The van der Waals surface area contributed by atoms with Crippen LogP contribution in [0, 0.1) is 5.41 Å². The molecule has 2 fully saturated rings. The monoisotopic (exact) mass is 418 g/mol. The number of anilines is 4. The summed E-state index contributed by atoms with van der Waals surface area (Å²) in [7, 11) is 0. The Labute approximate surface area is 180 Å². The fourth-order valence-corrected chi connectivity index (χ4v) is 5.14. The van der Waals surface area contributed by atoms with E-state index in [1.165, 1.54) is 12.8 Å². The number of carbonyl (C=O) groups excluding carboxylic acids is 1. The van der Waals surface area contributed by atoms with Gasteiger partial charge in [-0.1, -0.05) is 6.07 Å². The predicted octanol–water partition coefficient (Wildman–Crippen LogP) is 2.29. The first kappa shape index (κ1) is 18.6. The fourth-order valence-electron chi connectivity index (χ4n) is 5.14. The molecule has 1 aromatic carbocycles. The summed E-state index contributed by atoms with van der Waals surface area (Å²) in [6.07, 6.45) is 6.01. The summed E-state index contributed by atoms with van der Waals surface area (Å²) in [5.41, 5.74) is 3.26. The average Bonchev–Trinajstić information content (AvgIpc) is 3.51. The molecule has 6 rings (SSSR count). The van der Waals surface area contributed by atoms with Gasteiger partial charge in [0.15, 0.2) is 11.5 Å². The van der Waals surface area contributed by atoms with E-state index in [-0.39, 0.29) is 5.91 Å². The molecule has 9 nitrogen and oxygen atoms in total. The highest BCUT2D eigenvalue weighted by Gasteiger charge is 2.41. The van der Waals surface area contributed by atoms with Gasteiger partial charge in [-0.3, -0.25) is 4.79 Å². The lowest BCUT2D eigenvalue weighted by atomic mass is 9.86. The second kappa shape index (κ2) is 6.40. The van der Waals surface area contributed by atoms with Crippen molar-refractivity contribution in [3.05, 3.63) is 36.2 Å². The first-order chi connectivity index (χ1) is 14.9. The molecule has 1 amide bonds. The van der Waals surface area contributed by atoms with Crippen LogP contribution < -0.4 is 20.9 Å². The van der Waals surface area contributed by atoms with Gasteiger partial charge in [0, 0.05) is 48.8 Å². The Morgan fingerprint density at radius 1 is 1.23 bits per heavy atom. The Hall–Kier alpha value is -3.20. The first-order valence-electron chi connectivity index (χ1n) is 10.8. The SMILES string of the molecule is CC1(C)C(=O)Nc2cc(Nc3nc4c(N5CC[C@@]6(CCNC6)C5)nccn4n3)ccc21. The maximum Gasteiger partial charge on any atom is 0.247 e. The lowest BCUT2D eigenvalue weighted by molar-refractivity contribution is -0.119. The van der Waals surface area contributed by atoms with Gasteiger partial charge in [-0.05, 0) is 50.9 Å². The van der Waals surface area contributed by atoms with Crippen molar-refractivity contribution in [1.29, 1.82) is 0 Å². The Balaban J connectivity index is 1.28. The van der Waals surface area contributed by atoms with Crippen LogP contribution in [0.25, 0.3) is 5.65 Å². The number of nitrogens with one attached hydrogen (secondary N) is 3. The second-order valence-electron chi connectivity index (χ2n) is 9.52. The van der Waals surface area contributed by atoms with E-state index in [2.05, 4.69) is 30.9 Å². The van der Waals surface area contributed by atoms with Crippen LogP contribution in [0.5, 0.6) is 0 Å². The number of fused-ring (bicyclic) bond motifs is 2. The van der Waals surface area contributed by atoms with Crippen molar-refractivity contribution in [2.24, 2.45) is 5.41 Å². The summed E-state index contributed by atoms with van der Waals surface area (Å²) < 4.78 is 1.78. The largest absolute Gasteiger partial charge is 0.353 e. The maximum absolute atomic E-state index is 12.2. The zero-order valence-electron chi connectivity index (χ0n) is 17.8. The maximum atomic E-state index is 12.2. The lowest BCUT2D eigenvalue weighted by Crippen LogP contribution is -2.29. The number of carbonyl (C=O) groups is 1. The van der Waals surface area contributed by atoms with Gasteiger partial charge in [-0.2, -0.15) is 4.98 Å². The van der Waals surface area contributed by atoms with E-state index < -0.39 is 5.41 Å². The summed E-state index contributed by atoms with van der Waals surface area (Å²) in [6.45, 7) is 8.04. The number of hydrogen-bond donors (Lipinski definition) is 3. The van der Waals surface area contributed by atoms with E-state index in [4.69, 9.17) is 4.98 Å². The topological polar surface area (TPSA) is 99.5 Å². The molecule has 160 valence electrons. The molecule has 0 bridgehead atoms. The lowest BCUT2D eigenvalue weighted by Gasteiger charge is -2.23. The summed E-state index contributed by atoms with van der Waals surface area (Å²) >= 11 is 0. The Morgan fingerprint density at radius 3 is 2.97 bits per heavy atom. The Kier molecular flexibility index (Phi) is 3.83. The van der Waals surface area contributed by atoms with E-state index in [0.29, 0.717) is 11.4 Å². The third-order valence-corrected chi connectivity index (χ3v) is 7.07. The fraction of sp³-hybridized carbons (Fsp3) is 0.455. The highest BCUT2D eigenvalue weighted by atomic mass is 16.2. The minimum Gasteiger partial charge on any atom is -0.353 e. The second-order valence-corrected chi connectivity index (χ2v) is 9.52. The van der Waals surface area contributed by atoms with E-state index in [0.717, 1.165) is 54.6 Å². The molecule has 3 N–H and O–H groups in total. The van der Waals surface area contributed by atoms with Crippen molar-refractivity contribution in [2.45, 2.75) is 32.1 Å². The van der Waals surface area contributed by atoms with Crippen molar-refractivity contribution in [1.82, 2.24) is 24.9 Å². The molecule has 0 unspecified atom stereocenters. The normalized spacial score (nSPS) is 24.2. The van der Waals surface area contributed by atoms with Gasteiger partial charge >= 0.3 is 0 Å². The highest BCUT2D eigenvalue weighted by Crippen LogP contribution is 2.40. The molecule has 2 saturated heterocycles. The van der Waals surface area contributed by atoms with Gasteiger partial charge in [-0.25, -0.2) is 9.50 Å². The zero-order valence-corrected chi connectivity index (χ0v) is 17.8. The van der Waals surface area contributed by atoms with Crippen molar-refractivity contribution in [3.63, 3.8) is 0 Å². The smallest absolute Gasteiger partial charge is 0.247 e. The van der Waals surface area contributed by atoms with E-state index in [9.17, 15) is 4.79 Å². The van der Waals surface area contributed by atoms with Gasteiger partial charge in [0.05, 0.1) is 5.41 Å². The van der Waals surface area contributed by atoms with Crippen molar-refractivity contribution >= 4 is 34.7 Å². The zero-order chi connectivity index (χ0) is 21.2.